The van der Waals surface area contributed by atoms with Gasteiger partial charge in [-0.25, -0.2) is 0 Å². The van der Waals surface area contributed by atoms with Crippen LogP contribution in [0, 0.1) is 5.92 Å². The number of primary amides is 1. The summed E-state index contributed by atoms with van der Waals surface area (Å²) in [5.74, 6) is -0.131. The smallest absolute Gasteiger partial charge is 0.220 e. The molecule has 0 heterocycles. The molecule has 0 aromatic carbocycles. The van der Waals surface area contributed by atoms with Crippen LogP contribution < -0.4 is 11.5 Å². The fraction of sp³-hybridized carbons (Fsp3) is 0.857. The number of rotatable bonds is 1. The van der Waals surface area contributed by atoms with Gasteiger partial charge in [0.05, 0.1) is 0 Å². The van der Waals surface area contributed by atoms with Crippen molar-refractivity contribution >= 4 is 5.91 Å². The molecule has 1 radical (unpaired) electrons. The fourth-order valence-electron chi connectivity index (χ4n) is 1.38. The second kappa shape index (κ2) is 3.01. The SMILES string of the molecule is [NH]C1CCC(C(N)=O)CC1. The Labute approximate surface area is 60.8 Å². The fourth-order valence-corrected chi connectivity index (χ4v) is 1.38. The summed E-state index contributed by atoms with van der Waals surface area (Å²) in [4.78, 5) is 10.6. The summed E-state index contributed by atoms with van der Waals surface area (Å²) < 4.78 is 0. The quantitative estimate of drug-likeness (QED) is 0.561. The first-order chi connectivity index (χ1) is 4.70. The molecule has 0 aromatic rings. The molecular formula is C7H13N2O. The maximum absolute atomic E-state index is 10.6. The van der Waals surface area contributed by atoms with Crippen LogP contribution in [0.4, 0.5) is 0 Å². The van der Waals surface area contributed by atoms with E-state index in [4.69, 9.17) is 11.5 Å². The van der Waals surface area contributed by atoms with Crippen molar-refractivity contribution in [3.05, 3.63) is 0 Å². The molecule has 1 amide bonds. The largest absolute Gasteiger partial charge is 0.369 e. The van der Waals surface area contributed by atoms with Gasteiger partial charge in [-0.05, 0) is 25.7 Å². The predicted molar refractivity (Wildman–Crippen MR) is 38.0 cm³/mol. The Morgan fingerprint density at radius 3 is 2.20 bits per heavy atom. The van der Waals surface area contributed by atoms with Crippen LogP contribution in [-0.2, 0) is 4.79 Å². The molecule has 0 aromatic heterocycles. The Bertz CT molecular complexity index is 128. The number of hydrogen-bond acceptors (Lipinski definition) is 1. The van der Waals surface area contributed by atoms with E-state index in [1.54, 1.807) is 0 Å². The monoisotopic (exact) mass is 141 g/mol. The highest BCUT2D eigenvalue weighted by molar-refractivity contribution is 5.76. The van der Waals surface area contributed by atoms with Gasteiger partial charge in [-0.3, -0.25) is 10.5 Å². The molecule has 0 aliphatic heterocycles. The highest BCUT2D eigenvalue weighted by Gasteiger charge is 2.22. The van der Waals surface area contributed by atoms with Gasteiger partial charge in [0.2, 0.25) is 5.91 Å². The Kier molecular flexibility index (Phi) is 2.27. The van der Waals surface area contributed by atoms with Crippen LogP contribution in [0.5, 0.6) is 0 Å². The summed E-state index contributed by atoms with van der Waals surface area (Å²) in [6, 6.07) is 0.0515. The maximum atomic E-state index is 10.6. The summed E-state index contributed by atoms with van der Waals surface area (Å²) >= 11 is 0. The number of amides is 1. The number of nitrogens with one attached hydrogen (secondary N) is 1. The van der Waals surface area contributed by atoms with Gasteiger partial charge in [0.25, 0.3) is 0 Å². The second-order valence-electron chi connectivity index (χ2n) is 2.95. The molecule has 1 rings (SSSR count). The summed E-state index contributed by atoms with van der Waals surface area (Å²) in [6.45, 7) is 0. The average Bonchev–Trinajstić information content (AvgIpc) is 1.88. The summed E-state index contributed by atoms with van der Waals surface area (Å²) in [5, 5.41) is 0. The second-order valence-corrected chi connectivity index (χ2v) is 2.95. The molecule has 1 aliphatic carbocycles. The molecular weight excluding hydrogens is 128 g/mol. The van der Waals surface area contributed by atoms with Gasteiger partial charge in [0.1, 0.15) is 0 Å². The van der Waals surface area contributed by atoms with Crippen LogP contribution in [0.1, 0.15) is 25.7 Å². The van der Waals surface area contributed by atoms with Crippen molar-refractivity contribution in [2.24, 2.45) is 11.7 Å². The minimum atomic E-state index is -0.188. The minimum absolute atomic E-state index is 0.0515. The van der Waals surface area contributed by atoms with Crippen LogP contribution in [0.2, 0.25) is 0 Å². The molecule has 10 heavy (non-hydrogen) atoms. The van der Waals surface area contributed by atoms with Crippen molar-refractivity contribution < 1.29 is 4.79 Å². The lowest BCUT2D eigenvalue weighted by Crippen LogP contribution is -2.29. The lowest BCUT2D eigenvalue weighted by molar-refractivity contribution is -0.122. The lowest BCUT2D eigenvalue weighted by atomic mass is 9.86. The minimum Gasteiger partial charge on any atom is -0.369 e. The van der Waals surface area contributed by atoms with E-state index in [9.17, 15) is 4.79 Å². The Morgan fingerprint density at radius 1 is 1.30 bits per heavy atom. The van der Waals surface area contributed by atoms with Gasteiger partial charge in [0.15, 0.2) is 0 Å². The molecule has 1 fully saturated rings. The van der Waals surface area contributed by atoms with Gasteiger partial charge in [-0.2, -0.15) is 0 Å². The van der Waals surface area contributed by atoms with Crippen molar-refractivity contribution in [3.8, 4) is 0 Å². The first kappa shape index (κ1) is 7.54. The normalized spacial score (nSPS) is 33.7. The predicted octanol–water partition coefficient (Wildman–Crippen LogP) is 0.313. The van der Waals surface area contributed by atoms with Crippen LogP contribution in [0.3, 0.4) is 0 Å². The first-order valence-corrected chi connectivity index (χ1v) is 3.70. The van der Waals surface area contributed by atoms with Crippen LogP contribution >= 0.6 is 0 Å². The molecule has 3 N–H and O–H groups in total. The Balaban J connectivity index is 2.33. The lowest BCUT2D eigenvalue weighted by Gasteiger charge is -2.22. The number of carbonyl (C=O) groups is 1. The summed E-state index contributed by atoms with van der Waals surface area (Å²) in [6.07, 6.45) is 3.33. The highest BCUT2D eigenvalue weighted by atomic mass is 16.1. The van der Waals surface area contributed by atoms with E-state index in [0.29, 0.717) is 0 Å². The molecule has 0 bridgehead atoms. The maximum Gasteiger partial charge on any atom is 0.220 e. The van der Waals surface area contributed by atoms with Crippen molar-refractivity contribution in [3.63, 3.8) is 0 Å². The van der Waals surface area contributed by atoms with Gasteiger partial charge in [-0.15, -0.1) is 0 Å². The Hall–Kier alpha value is -0.570. The molecule has 0 spiro atoms. The molecule has 3 heteroatoms. The van der Waals surface area contributed by atoms with Crippen LogP contribution in [0.25, 0.3) is 0 Å². The number of nitrogens with two attached hydrogens (primary N) is 1. The standard InChI is InChI=1S/C7H13N2O/c8-6-3-1-5(2-4-6)7(9)10/h5-6,8H,1-4H2,(H2,9,10). The van der Waals surface area contributed by atoms with Crippen LogP contribution in [0.15, 0.2) is 0 Å². The Morgan fingerprint density at radius 2 is 1.80 bits per heavy atom. The van der Waals surface area contributed by atoms with Gasteiger partial charge in [-0.1, -0.05) is 0 Å². The zero-order chi connectivity index (χ0) is 7.56. The van der Waals surface area contributed by atoms with E-state index in [1.165, 1.54) is 0 Å². The van der Waals surface area contributed by atoms with Crippen LogP contribution in [-0.4, -0.2) is 11.9 Å². The van der Waals surface area contributed by atoms with E-state index in [1.807, 2.05) is 0 Å². The summed E-state index contributed by atoms with van der Waals surface area (Å²) in [5.41, 5.74) is 12.5. The van der Waals surface area contributed by atoms with E-state index in [2.05, 4.69) is 0 Å². The van der Waals surface area contributed by atoms with E-state index >= 15 is 0 Å². The third kappa shape index (κ3) is 1.70. The zero-order valence-corrected chi connectivity index (χ0v) is 5.97. The number of hydrogen-bond donors (Lipinski definition) is 1. The summed E-state index contributed by atoms with van der Waals surface area (Å²) in [7, 11) is 0. The van der Waals surface area contributed by atoms with E-state index in [-0.39, 0.29) is 17.9 Å². The first-order valence-electron chi connectivity index (χ1n) is 3.70. The van der Waals surface area contributed by atoms with Crippen molar-refractivity contribution in [1.29, 1.82) is 0 Å². The average molecular weight is 141 g/mol. The van der Waals surface area contributed by atoms with E-state index in [0.717, 1.165) is 25.7 Å². The topological polar surface area (TPSA) is 66.9 Å². The van der Waals surface area contributed by atoms with Crippen molar-refractivity contribution in [2.75, 3.05) is 0 Å². The number of carbonyl (C=O) groups excluding carboxylic acids is 1. The molecule has 0 unspecified atom stereocenters. The third-order valence-corrected chi connectivity index (χ3v) is 2.13. The third-order valence-electron chi connectivity index (χ3n) is 2.13. The molecule has 0 saturated heterocycles. The van der Waals surface area contributed by atoms with Gasteiger partial charge >= 0.3 is 0 Å². The van der Waals surface area contributed by atoms with Crippen molar-refractivity contribution in [1.82, 2.24) is 5.73 Å². The zero-order valence-electron chi connectivity index (χ0n) is 5.97. The van der Waals surface area contributed by atoms with Crippen molar-refractivity contribution in [2.45, 2.75) is 31.7 Å². The molecule has 3 nitrogen and oxygen atoms in total. The molecule has 1 saturated carbocycles. The van der Waals surface area contributed by atoms with Gasteiger partial charge in [0, 0.05) is 12.0 Å². The van der Waals surface area contributed by atoms with Gasteiger partial charge < -0.3 is 5.73 Å². The molecule has 57 valence electrons. The molecule has 0 atom stereocenters. The molecule has 1 aliphatic rings. The van der Waals surface area contributed by atoms with E-state index < -0.39 is 0 Å². The highest BCUT2D eigenvalue weighted by Crippen LogP contribution is 2.22.